The van der Waals surface area contributed by atoms with E-state index in [1.165, 1.54) is 0 Å². The number of carbonyl (C=O) groups is 1. The SMILES string of the molecule is CCCCOC(=O)CN(C)C(C)c1cccc(N)c1. The van der Waals surface area contributed by atoms with E-state index in [4.69, 9.17) is 10.5 Å². The van der Waals surface area contributed by atoms with Crippen LogP contribution in [0.25, 0.3) is 0 Å². The van der Waals surface area contributed by atoms with Crippen LogP contribution in [0.2, 0.25) is 0 Å². The van der Waals surface area contributed by atoms with Crippen LogP contribution in [0.5, 0.6) is 0 Å². The van der Waals surface area contributed by atoms with Crippen LogP contribution in [0.4, 0.5) is 5.69 Å². The number of likely N-dealkylation sites (N-methyl/N-ethyl adjacent to an activating group) is 1. The lowest BCUT2D eigenvalue weighted by Crippen LogP contribution is -2.30. The number of nitrogens with zero attached hydrogens (tertiary/aromatic N) is 1. The minimum Gasteiger partial charge on any atom is -0.465 e. The Balaban J connectivity index is 2.48. The van der Waals surface area contributed by atoms with Crippen molar-refractivity contribution in [3.63, 3.8) is 0 Å². The minimum atomic E-state index is -0.174. The van der Waals surface area contributed by atoms with Gasteiger partial charge in [-0.3, -0.25) is 9.69 Å². The van der Waals surface area contributed by atoms with Crippen molar-refractivity contribution in [2.45, 2.75) is 32.7 Å². The van der Waals surface area contributed by atoms with Gasteiger partial charge in [0.25, 0.3) is 0 Å². The van der Waals surface area contributed by atoms with Crippen molar-refractivity contribution in [3.05, 3.63) is 29.8 Å². The molecule has 1 rings (SSSR count). The highest BCUT2D eigenvalue weighted by atomic mass is 16.5. The lowest BCUT2D eigenvalue weighted by Gasteiger charge is -2.24. The summed E-state index contributed by atoms with van der Waals surface area (Å²) < 4.78 is 5.16. The van der Waals surface area contributed by atoms with E-state index < -0.39 is 0 Å². The molecular weight excluding hydrogens is 240 g/mol. The summed E-state index contributed by atoms with van der Waals surface area (Å²) in [5, 5.41) is 0. The molecule has 0 aliphatic heterocycles. The summed E-state index contributed by atoms with van der Waals surface area (Å²) in [6.07, 6.45) is 1.95. The van der Waals surface area contributed by atoms with Crippen LogP contribution >= 0.6 is 0 Å². The quantitative estimate of drug-likeness (QED) is 0.467. The number of hydrogen-bond donors (Lipinski definition) is 1. The fourth-order valence-corrected chi connectivity index (χ4v) is 1.79. The molecule has 0 saturated carbocycles. The topological polar surface area (TPSA) is 55.6 Å². The van der Waals surface area contributed by atoms with E-state index in [1.54, 1.807) is 0 Å². The number of benzene rings is 1. The Morgan fingerprint density at radius 3 is 2.84 bits per heavy atom. The molecule has 0 saturated heterocycles. The number of hydrogen-bond acceptors (Lipinski definition) is 4. The molecule has 1 unspecified atom stereocenters. The predicted molar refractivity (Wildman–Crippen MR) is 77.8 cm³/mol. The first kappa shape index (κ1) is 15.5. The second-order valence-corrected chi connectivity index (χ2v) is 4.84. The van der Waals surface area contributed by atoms with Crippen LogP contribution < -0.4 is 5.73 Å². The summed E-state index contributed by atoms with van der Waals surface area (Å²) in [6.45, 7) is 4.92. The van der Waals surface area contributed by atoms with E-state index in [-0.39, 0.29) is 12.0 Å². The second-order valence-electron chi connectivity index (χ2n) is 4.84. The van der Waals surface area contributed by atoms with Crippen molar-refractivity contribution in [2.24, 2.45) is 0 Å². The van der Waals surface area contributed by atoms with Gasteiger partial charge in [0.2, 0.25) is 0 Å². The molecule has 0 heterocycles. The number of carbonyl (C=O) groups excluding carboxylic acids is 1. The van der Waals surface area contributed by atoms with Crippen LogP contribution in [-0.2, 0) is 9.53 Å². The van der Waals surface area contributed by atoms with Gasteiger partial charge in [-0.1, -0.05) is 25.5 Å². The normalized spacial score (nSPS) is 12.4. The lowest BCUT2D eigenvalue weighted by atomic mass is 10.1. The van der Waals surface area contributed by atoms with Crippen molar-refractivity contribution in [1.29, 1.82) is 0 Å². The molecule has 19 heavy (non-hydrogen) atoms. The van der Waals surface area contributed by atoms with Crippen LogP contribution in [0, 0.1) is 0 Å². The maximum Gasteiger partial charge on any atom is 0.320 e. The molecule has 1 aromatic carbocycles. The van der Waals surface area contributed by atoms with E-state index in [1.807, 2.05) is 43.1 Å². The van der Waals surface area contributed by atoms with Gasteiger partial charge in [0, 0.05) is 11.7 Å². The minimum absolute atomic E-state index is 0.127. The zero-order valence-electron chi connectivity index (χ0n) is 12.1. The van der Waals surface area contributed by atoms with E-state index in [0.29, 0.717) is 13.2 Å². The summed E-state index contributed by atoms with van der Waals surface area (Å²) in [5.74, 6) is -0.174. The fraction of sp³-hybridized carbons (Fsp3) is 0.533. The molecule has 4 nitrogen and oxygen atoms in total. The third-order valence-corrected chi connectivity index (χ3v) is 3.19. The smallest absolute Gasteiger partial charge is 0.320 e. The van der Waals surface area contributed by atoms with Gasteiger partial charge >= 0.3 is 5.97 Å². The molecule has 0 aromatic heterocycles. The highest BCUT2D eigenvalue weighted by Crippen LogP contribution is 2.20. The predicted octanol–water partition coefficient (Wildman–Crippen LogP) is 2.60. The highest BCUT2D eigenvalue weighted by Gasteiger charge is 2.15. The number of nitrogens with two attached hydrogens (primary N) is 1. The van der Waals surface area contributed by atoms with E-state index in [2.05, 4.69) is 6.92 Å². The Morgan fingerprint density at radius 2 is 2.21 bits per heavy atom. The first-order chi connectivity index (χ1) is 9.04. The van der Waals surface area contributed by atoms with Gasteiger partial charge in [-0.05, 0) is 38.1 Å². The van der Waals surface area contributed by atoms with E-state index in [9.17, 15) is 4.79 Å². The van der Waals surface area contributed by atoms with Crippen molar-refractivity contribution in [2.75, 3.05) is 25.9 Å². The summed E-state index contributed by atoms with van der Waals surface area (Å²) in [7, 11) is 1.91. The third kappa shape index (κ3) is 5.30. The van der Waals surface area contributed by atoms with Gasteiger partial charge in [0.05, 0.1) is 13.2 Å². The molecule has 0 bridgehead atoms. The zero-order valence-corrected chi connectivity index (χ0v) is 12.1. The lowest BCUT2D eigenvalue weighted by molar-refractivity contribution is -0.145. The number of ether oxygens (including phenoxy) is 1. The molecule has 0 aliphatic rings. The van der Waals surface area contributed by atoms with Gasteiger partial charge in [0.1, 0.15) is 0 Å². The summed E-state index contributed by atoms with van der Waals surface area (Å²) in [5.41, 5.74) is 7.61. The molecule has 4 heteroatoms. The van der Waals surface area contributed by atoms with Gasteiger partial charge in [-0.25, -0.2) is 0 Å². The number of nitrogen functional groups attached to an aromatic ring is 1. The van der Waals surface area contributed by atoms with E-state index in [0.717, 1.165) is 24.1 Å². The van der Waals surface area contributed by atoms with Crippen molar-refractivity contribution in [3.8, 4) is 0 Å². The van der Waals surface area contributed by atoms with Gasteiger partial charge in [-0.15, -0.1) is 0 Å². The largest absolute Gasteiger partial charge is 0.465 e. The molecule has 106 valence electrons. The molecule has 0 fully saturated rings. The molecule has 2 N–H and O–H groups in total. The molecule has 0 spiro atoms. The van der Waals surface area contributed by atoms with Crippen molar-refractivity contribution >= 4 is 11.7 Å². The summed E-state index contributed by atoms with van der Waals surface area (Å²) >= 11 is 0. The van der Waals surface area contributed by atoms with E-state index >= 15 is 0 Å². The number of unbranched alkanes of at least 4 members (excludes halogenated alkanes) is 1. The van der Waals surface area contributed by atoms with Gasteiger partial charge in [0.15, 0.2) is 0 Å². The first-order valence-electron chi connectivity index (χ1n) is 6.76. The fourth-order valence-electron chi connectivity index (χ4n) is 1.79. The molecule has 0 radical (unpaired) electrons. The highest BCUT2D eigenvalue weighted by molar-refractivity contribution is 5.71. The Morgan fingerprint density at radius 1 is 1.47 bits per heavy atom. The third-order valence-electron chi connectivity index (χ3n) is 3.19. The monoisotopic (exact) mass is 264 g/mol. The first-order valence-corrected chi connectivity index (χ1v) is 6.76. The Labute approximate surface area is 115 Å². The number of anilines is 1. The van der Waals surface area contributed by atoms with Crippen LogP contribution in [0.1, 0.15) is 38.3 Å². The average molecular weight is 264 g/mol. The Bertz CT molecular complexity index is 407. The average Bonchev–Trinajstić information content (AvgIpc) is 2.38. The molecule has 1 aromatic rings. The summed E-state index contributed by atoms with van der Waals surface area (Å²) in [4.78, 5) is 13.6. The van der Waals surface area contributed by atoms with Crippen LogP contribution in [-0.4, -0.2) is 31.1 Å². The van der Waals surface area contributed by atoms with Crippen molar-refractivity contribution < 1.29 is 9.53 Å². The Hall–Kier alpha value is -1.55. The molecule has 0 amide bonds. The van der Waals surface area contributed by atoms with Crippen LogP contribution in [0.3, 0.4) is 0 Å². The van der Waals surface area contributed by atoms with Gasteiger partial charge < -0.3 is 10.5 Å². The molecule has 0 aliphatic carbocycles. The zero-order chi connectivity index (χ0) is 14.3. The maximum atomic E-state index is 11.6. The molecular formula is C15H24N2O2. The maximum absolute atomic E-state index is 11.6. The Kier molecular flexibility index (Phi) is 6.36. The number of esters is 1. The van der Waals surface area contributed by atoms with Gasteiger partial charge in [-0.2, -0.15) is 0 Å². The van der Waals surface area contributed by atoms with Crippen LogP contribution in [0.15, 0.2) is 24.3 Å². The summed E-state index contributed by atoms with van der Waals surface area (Å²) in [6, 6.07) is 7.86. The molecule has 1 atom stereocenters. The van der Waals surface area contributed by atoms with Crippen molar-refractivity contribution in [1.82, 2.24) is 4.90 Å². The standard InChI is InChI=1S/C15H24N2O2/c1-4-5-9-19-15(18)11-17(3)12(2)13-7-6-8-14(16)10-13/h6-8,10,12H,4-5,9,11,16H2,1-3H3. The second kappa shape index (κ2) is 7.79. The number of rotatable bonds is 7.